The van der Waals surface area contributed by atoms with E-state index in [0.29, 0.717) is 23.7 Å². The van der Waals surface area contributed by atoms with Gasteiger partial charge in [-0.25, -0.2) is 9.48 Å². The van der Waals surface area contributed by atoms with Gasteiger partial charge in [-0.15, -0.1) is 0 Å². The third-order valence-corrected chi connectivity index (χ3v) is 5.36. The van der Waals surface area contributed by atoms with Crippen molar-refractivity contribution in [3.05, 3.63) is 68.1 Å². The quantitative estimate of drug-likeness (QED) is 0.475. The van der Waals surface area contributed by atoms with Gasteiger partial charge in [-0.2, -0.15) is 10.1 Å². The molecular formula is C22H26N6O3. The Bertz CT molecular complexity index is 1370. The summed E-state index contributed by atoms with van der Waals surface area (Å²) < 4.78 is 11.5. The highest BCUT2D eigenvalue weighted by molar-refractivity contribution is 5.72. The summed E-state index contributed by atoms with van der Waals surface area (Å²) in [5, 5.41) is 4.53. The van der Waals surface area contributed by atoms with E-state index in [-0.39, 0.29) is 12.1 Å². The highest BCUT2D eigenvalue weighted by Gasteiger charge is 2.22. The normalized spacial score (nSPS) is 11.4. The molecule has 3 heterocycles. The summed E-state index contributed by atoms with van der Waals surface area (Å²) in [5.41, 5.74) is 2.60. The van der Waals surface area contributed by atoms with Gasteiger partial charge in [0, 0.05) is 19.3 Å². The van der Waals surface area contributed by atoms with E-state index in [4.69, 9.17) is 4.74 Å². The van der Waals surface area contributed by atoms with Crippen molar-refractivity contribution in [1.82, 2.24) is 28.5 Å². The lowest BCUT2D eigenvalue weighted by Gasteiger charge is -2.11. The molecule has 0 saturated carbocycles. The first-order chi connectivity index (χ1) is 14.8. The number of benzene rings is 1. The summed E-state index contributed by atoms with van der Waals surface area (Å²) in [6.45, 7) is 6.64. The van der Waals surface area contributed by atoms with Crippen LogP contribution in [-0.4, -0.2) is 35.6 Å². The SMILES string of the molecule is CCCn1c(-n2nc(C)cc2C)nc2c1c(=O)n(Cc1ccc(OC)cc1)c(=O)n2C. The summed E-state index contributed by atoms with van der Waals surface area (Å²) in [4.78, 5) is 31.2. The molecule has 0 aliphatic heterocycles. The Kier molecular flexibility index (Phi) is 5.26. The van der Waals surface area contributed by atoms with Crippen LogP contribution in [0.5, 0.6) is 5.75 Å². The first kappa shape index (κ1) is 20.6. The van der Waals surface area contributed by atoms with Gasteiger partial charge in [0.25, 0.3) is 5.56 Å². The number of aryl methyl sites for hydroxylation is 4. The number of hydrogen-bond acceptors (Lipinski definition) is 5. The van der Waals surface area contributed by atoms with Gasteiger partial charge in [-0.1, -0.05) is 19.1 Å². The van der Waals surface area contributed by atoms with Crippen LogP contribution < -0.4 is 16.0 Å². The van der Waals surface area contributed by atoms with E-state index in [1.54, 1.807) is 18.8 Å². The van der Waals surface area contributed by atoms with E-state index in [1.807, 2.05) is 55.7 Å². The van der Waals surface area contributed by atoms with Gasteiger partial charge in [-0.3, -0.25) is 13.9 Å². The van der Waals surface area contributed by atoms with Crippen molar-refractivity contribution in [2.75, 3.05) is 7.11 Å². The van der Waals surface area contributed by atoms with Crippen molar-refractivity contribution >= 4 is 11.2 Å². The first-order valence-electron chi connectivity index (χ1n) is 10.2. The van der Waals surface area contributed by atoms with Crippen LogP contribution in [0.25, 0.3) is 17.1 Å². The molecule has 0 N–H and O–H groups in total. The van der Waals surface area contributed by atoms with Crippen LogP contribution in [0.2, 0.25) is 0 Å². The molecule has 162 valence electrons. The van der Waals surface area contributed by atoms with E-state index < -0.39 is 5.69 Å². The molecule has 0 fully saturated rings. The molecule has 0 unspecified atom stereocenters. The molecule has 0 saturated heterocycles. The van der Waals surface area contributed by atoms with Gasteiger partial charge in [-0.05, 0) is 44.0 Å². The molecule has 0 aliphatic carbocycles. The molecule has 0 radical (unpaired) electrons. The molecule has 0 amide bonds. The van der Waals surface area contributed by atoms with Crippen LogP contribution in [0.4, 0.5) is 0 Å². The Balaban J connectivity index is 1.95. The summed E-state index contributed by atoms with van der Waals surface area (Å²) >= 11 is 0. The van der Waals surface area contributed by atoms with Crippen LogP contribution in [0.15, 0.2) is 39.9 Å². The van der Waals surface area contributed by atoms with E-state index in [1.165, 1.54) is 9.13 Å². The third kappa shape index (κ3) is 3.45. The summed E-state index contributed by atoms with van der Waals surface area (Å²) in [6.07, 6.45) is 0.804. The van der Waals surface area contributed by atoms with Crippen molar-refractivity contribution in [1.29, 1.82) is 0 Å². The zero-order chi connectivity index (χ0) is 22.3. The summed E-state index contributed by atoms with van der Waals surface area (Å²) in [7, 11) is 3.24. The van der Waals surface area contributed by atoms with Gasteiger partial charge >= 0.3 is 5.69 Å². The number of hydrogen-bond donors (Lipinski definition) is 0. The van der Waals surface area contributed by atoms with E-state index in [2.05, 4.69) is 10.1 Å². The predicted molar refractivity (Wildman–Crippen MR) is 118 cm³/mol. The fourth-order valence-corrected chi connectivity index (χ4v) is 3.84. The largest absolute Gasteiger partial charge is 0.497 e. The molecule has 0 spiro atoms. The van der Waals surface area contributed by atoms with Crippen LogP contribution in [0.1, 0.15) is 30.3 Å². The lowest BCUT2D eigenvalue weighted by Crippen LogP contribution is -2.40. The Morgan fingerprint density at radius 1 is 1.06 bits per heavy atom. The number of aromatic nitrogens is 6. The van der Waals surface area contributed by atoms with Crippen molar-refractivity contribution < 1.29 is 4.74 Å². The van der Waals surface area contributed by atoms with Crippen molar-refractivity contribution in [2.45, 2.75) is 40.3 Å². The average molecular weight is 422 g/mol. The second kappa shape index (κ2) is 7.90. The van der Waals surface area contributed by atoms with Crippen LogP contribution in [0.3, 0.4) is 0 Å². The number of nitrogens with zero attached hydrogens (tertiary/aromatic N) is 6. The van der Waals surface area contributed by atoms with E-state index >= 15 is 0 Å². The molecule has 4 rings (SSSR count). The predicted octanol–water partition coefficient (Wildman–Crippen LogP) is 2.17. The summed E-state index contributed by atoms with van der Waals surface area (Å²) in [5.74, 6) is 1.26. The Morgan fingerprint density at radius 3 is 2.35 bits per heavy atom. The second-order valence-corrected chi connectivity index (χ2v) is 7.66. The minimum absolute atomic E-state index is 0.165. The summed E-state index contributed by atoms with van der Waals surface area (Å²) in [6, 6.07) is 9.27. The number of rotatable bonds is 6. The van der Waals surface area contributed by atoms with Gasteiger partial charge in [0.05, 0.1) is 19.3 Å². The highest BCUT2D eigenvalue weighted by atomic mass is 16.5. The molecule has 1 aromatic carbocycles. The number of imidazole rings is 1. The fourth-order valence-electron chi connectivity index (χ4n) is 3.84. The molecule has 4 aromatic rings. The molecule has 3 aromatic heterocycles. The molecular weight excluding hydrogens is 396 g/mol. The van der Waals surface area contributed by atoms with Gasteiger partial charge in [0.15, 0.2) is 11.2 Å². The fraction of sp³-hybridized carbons (Fsp3) is 0.364. The maximum atomic E-state index is 13.5. The third-order valence-electron chi connectivity index (χ3n) is 5.36. The second-order valence-electron chi connectivity index (χ2n) is 7.66. The standard InChI is InChI=1S/C22H26N6O3/c1-6-11-26-18-19(23-21(26)28-15(3)12-14(2)24-28)25(4)22(30)27(20(18)29)13-16-7-9-17(31-5)10-8-16/h7-10,12H,6,11,13H2,1-5H3. The van der Waals surface area contributed by atoms with Crippen molar-refractivity contribution in [2.24, 2.45) is 7.05 Å². The topological polar surface area (TPSA) is 88.9 Å². The van der Waals surface area contributed by atoms with Gasteiger partial charge < -0.3 is 9.30 Å². The minimum atomic E-state index is -0.408. The van der Waals surface area contributed by atoms with Gasteiger partial charge in [0.2, 0.25) is 5.95 Å². The zero-order valence-corrected chi connectivity index (χ0v) is 18.4. The molecule has 9 nitrogen and oxygen atoms in total. The number of fused-ring (bicyclic) bond motifs is 1. The van der Waals surface area contributed by atoms with E-state index in [0.717, 1.165) is 29.1 Å². The molecule has 0 aliphatic rings. The van der Waals surface area contributed by atoms with Gasteiger partial charge in [0.1, 0.15) is 5.75 Å². The van der Waals surface area contributed by atoms with Crippen LogP contribution in [0, 0.1) is 13.8 Å². The molecule has 31 heavy (non-hydrogen) atoms. The van der Waals surface area contributed by atoms with Crippen molar-refractivity contribution in [3.8, 4) is 11.7 Å². The van der Waals surface area contributed by atoms with Crippen molar-refractivity contribution in [3.63, 3.8) is 0 Å². The monoisotopic (exact) mass is 422 g/mol. The molecule has 0 atom stereocenters. The maximum absolute atomic E-state index is 13.5. The Labute approximate surface area is 179 Å². The maximum Gasteiger partial charge on any atom is 0.332 e. The first-order valence-corrected chi connectivity index (χ1v) is 10.2. The molecule has 0 bridgehead atoms. The molecule has 9 heteroatoms. The lowest BCUT2D eigenvalue weighted by atomic mass is 10.2. The Hall–Kier alpha value is -3.62. The smallest absolute Gasteiger partial charge is 0.332 e. The van der Waals surface area contributed by atoms with E-state index in [9.17, 15) is 9.59 Å². The number of ether oxygens (including phenoxy) is 1. The average Bonchev–Trinajstić information content (AvgIpc) is 3.29. The lowest BCUT2D eigenvalue weighted by molar-refractivity contribution is 0.414. The van der Waals surface area contributed by atoms with Crippen LogP contribution >= 0.6 is 0 Å². The Morgan fingerprint density at radius 2 is 1.77 bits per heavy atom. The van der Waals surface area contributed by atoms with Crippen LogP contribution in [-0.2, 0) is 20.1 Å². The zero-order valence-electron chi connectivity index (χ0n) is 18.4. The minimum Gasteiger partial charge on any atom is -0.497 e. The highest BCUT2D eigenvalue weighted by Crippen LogP contribution is 2.18. The number of methoxy groups -OCH3 is 1.